The quantitative estimate of drug-likeness (QED) is 0.580. The van der Waals surface area contributed by atoms with Crippen molar-refractivity contribution in [3.8, 4) is 0 Å². The van der Waals surface area contributed by atoms with Crippen LogP contribution in [-0.4, -0.2) is 5.54 Å². The number of nitrogens with two attached hydrogens (primary N) is 1. The predicted molar refractivity (Wildman–Crippen MR) is 54.4 cm³/mol. The van der Waals surface area contributed by atoms with Gasteiger partial charge in [-0.25, -0.2) is 0 Å². The van der Waals surface area contributed by atoms with Crippen molar-refractivity contribution in [2.45, 2.75) is 38.6 Å². The van der Waals surface area contributed by atoms with Gasteiger partial charge in [0.05, 0.1) is 0 Å². The Kier molecular flexibility index (Phi) is 2.09. The Morgan fingerprint density at radius 1 is 1.50 bits per heavy atom. The minimum atomic E-state index is 0. The minimum absolute atomic E-state index is 0. The Balaban J connectivity index is 0.000000720. The minimum Gasteiger partial charge on any atom is -0.324 e. The fourth-order valence-corrected chi connectivity index (χ4v) is 2.77. The van der Waals surface area contributed by atoms with E-state index in [-0.39, 0.29) is 23.4 Å². The van der Waals surface area contributed by atoms with E-state index in [0.29, 0.717) is 0 Å². The second-order valence-electron chi connectivity index (χ2n) is 4.75. The third-order valence-electron chi connectivity index (χ3n) is 4.09. The van der Waals surface area contributed by atoms with Gasteiger partial charge >= 0.3 is 0 Å². The van der Waals surface area contributed by atoms with Crippen LogP contribution < -0.4 is 5.73 Å². The first-order valence-electron chi connectivity index (χ1n) is 4.45. The summed E-state index contributed by atoms with van der Waals surface area (Å²) in [5.74, 6) is 0.731. The molecule has 0 aromatic rings. The number of hydrogen-bond acceptors (Lipinski definition) is 1. The molecule has 2 fully saturated rings. The van der Waals surface area contributed by atoms with E-state index in [2.05, 4.69) is 20.4 Å². The van der Waals surface area contributed by atoms with Crippen molar-refractivity contribution >= 4 is 12.4 Å². The Hall–Kier alpha value is -0.0100. The molecule has 2 aliphatic carbocycles. The van der Waals surface area contributed by atoms with Gasteiger partial charge in [-0.3, -0.25) is 0 Å². The second kappa shape index (κ2) is 2.49. The van der Waals surface area contributed by atoms with Gasteiger partial charge in [0.15, 0.2) is 0 Å². The molecule has 2 saturated carbocycles. The SMILES string of the molecule is C=C1C2CCC(N)(C2)C1(C)C.Cl. The van der Waals surface area contributed by atoms with Crippen molar-refractivity contribution in [3.63, 3.8) is 0 Å². The van der Waals surface area contributed by atoms with E-state index in [0.717, 1.165) is 5.92 Å². The lowest BCUT2D eigenvalue weighted by Crippen LogP contribution is -2.48. The molecule has 2 aliphatic rings. The van der Waals surface area contributed by atoms with Crippen LogP contribution in [0.15, 0.2) is 12.2 Å². The van der Waals surface area contributed by atoms with Crippen LogP contribution in [0, 0.1) is 11.3 Å². The van der Waals surface area contributed by atoms with E-state index in [1.807, 2.05) is 0 Å². The van der Waals surface area contributed by atoms with Crippen LogP contribution in [0.25, 0.3) is 0 Å². The zero-order valence-corrected chi connectivity index (χ0v) is 8.71. The van der Waals surface area contributed by atoms with Crippen LogP contribution in [0.2, 0.25) is 0 Å². The first-order chi connectivity index (χ1) is 4.97. The molecule has 0 aromatic carbocycles. The monoisotopic (exact) mass is 187 g/mol. The Morgan fingerprint density at radius 2 is 2.08 bits per heavy atom. The highest BCUT2D eigenvalue weighted by Gasteiger charge is 2.56. The first kappa shape index (κ1) is 10.1. The highest BCUT2D eigenvalue weighted by molar-refractivity contribution is 5.85. The summed E-state index contributed by atoms with van der Waals surface area (Å²) in [5.41, 5.74) is 7.97. The van der Waals surface area contributed by atoms with Crippen LogP contribution >= 0.6 is 12.4 Å². The lowest BCUT2D eigenvalue weighted by atomic mass is 9.69. The molecule has 0 saturated heterocycles. The van der Waals surface area contributed by atoms with Crippen molar-refractivity contribution < 1.29 is 0 Å². The van der Waals surface area contributed by atoms with Gasteiger partial charge < -0.3 is 5.73 Å². The topological polar surface area (TPSA) is 26.0 Å². The molecule has 2 rings (SSSR count). The van der Waals surface area contributed by atoms with E-state index in [1.165, 1.54) is 24.8 Å². The van der Waals surface area contributed by atoms with Crippen molar-refractivity contribution in [3.05, 3.63) is 12.2 Å². The molecule has 2 N–H and O–H groups in total. The van der Waals surface area contributed by atoms with Crippen LogP contribution in [0.3, 0.4) is 0 Å². The average molecular weight is 188 g/mol. The summed E-state index contributed by atoms with van der Waals surface area (Å²) < 4.78 is 0. The van der Waals surface area contributed by atoms with Crippen LogP contribution in [-0.2, 0) is 0 Å². The molecule has 0 amide bonds. The van der Waals surface area contributed by atoms with E-state index in [9.17, 15) is 0 Å². The van der Waals surface area contributed by atoms with E-state index in [1.54, 1.807) is 0 Å². The van der Waals surface area contributed by atoms with Crippen LogP contribution in [0.4, 0.5) is 0 Å². The maximum atomic E-state index is 6.31. The van der Waals surface area contributed by atoms with Gasteiger partial charge in [0.1, 0.15) is 0 Å². The van der Waals surface area contributed by atoms with Crippen LogP contribution in [0.1, 0.15) is 33.1 Å². The summed E-state index contributed by atoms with van der Waals surface area (Å²) in [4.78, 5) is 0. The van der Waals surface area contributed by atoms with Crippen molar-refractivity contribution in [2.75, 3.05) is 0 Å². The highest BCUT2D eigenvalue weighted by atomic mass is 35.5. The molecule has 0 aromatic heterocycles. The van der Waals surface area contributed by atoms with Crippen LogP contribution in [0.5, 0.6) is 0 Å². The van der Waals surface area contributed by atoms with Gasteiger partial charge in [-0.1, -0.05) is 26.0 Å². The average Bonchev–Trinajstić information content (AvgIpc) is 2.36. The van der Waals surface area contributed by atoms with Gasteiger partial charge in [0.25, 0.3) is 0 Å². The van der Waals surface area contributed by atoms with E-state index >= 15 is 0 Å². The summed E-state index contributed by atoms with van der Waals surface area (Å²) in [6, 6.07) is 0. The van der Waals surface area contributed by atoms with Gasteiger partial charge in [-0.2, -0.15) is 0 Å². The van der Waals surface area contributed by atoms with Gasteiger partial charge in [-0.05, 0) is 25.2 Å². The summed E-state index contributed by atoms with van der Waals surface area (Å²) in [6.45, 7) is 8.64. The Bertz CT molecular complexity index is 222. The van der Waals surface area contributed by atoms with Gasteiger partial charge in [-0.15, -0.1) is 12.4 Å². The predicted octanol–water partition coefficient (Wildman–Crippen LogP) is 2.50. The fraction of sp³-hybridized carbons (Fsp3) is 0.800. The fourth-order valence-electron chi connectivity index (χ4n) is 2.77. The molecular formula is C10H18ClN. The molecule has 1 nitrogen and oxygen atoms in total. The molecular weight excluding hydrogens is 170 g/mol. The number of hydrogen-bond donors (Lipinski definition) is 1. The number of halogens is 1. The first-order valence-corrected chi connectivity index (χ1v) is 4.45. The normalized spacial score (nSPS) is 42.9. The number of fused-ring (bicyclic) bond motifs is 2. The lowest BCUT2D eigenvalue weighted by molar-refractivity contribution is 0.234. The summed E-state index contributed by atoms with van der Waals surface area (Å²) in [6.07, 6.45) is 3.65. The zero-order chi connectivity index (χ0) is 8.28. The maximum absolute atomic E-state index is 6.31. The van der Waals surface area contributed by atoms with E-state index < -0.39 is 0 Å². The molecule has 0 heterocycles. The highest BCUT2D eigenvalue weighted by Crippen LogP contribution is 2.59. The second-order valence-corrected chi connectivity index (χ2v) is 4.75. The maximum Gasteiger partial charge on any atom is 0.0249 e. The molecule has 2 heteroatoms. The Labute approximate surface area is 80.8 Å². The molecule has 0 radical (unpaired) electrons. The molecule has 2 bridgehead atoms. The van der Waals surface area contributed by atoms with E-state index in [4.69, 9.17) is 5.73 Å². The van der Waals surface area contributed by atoms with Crippen molar-refractivity contribution in [1.29, 1.82) is 0 Å². The molecule has 0 spiro atoms. The standard InChI is InChI=1S/C10H17N.ClH/c1-7-8-4-5-10(11,6-8)9(7,2)3;/h8H,1,4-6,11H2,2-3H3;1H. The van der Waals surface area contributed by atoms with Crippen molar-refractivity contribution in [2.24, 2.45) is 17.1 Å². The Morgan fingerprint density at radius 3 is 2.33 bits per heavy atom. The summed E-state index contributed by atoms with van der Waals surface area (Å²) >= 11 is 0. The molecule has 2 unspecified atom stereocenters. The molecule has 12 heavy (non-hydrogen) atoms. The third kappa shape index (κ3) is 0.898. The van der Waals surface area contributed by atoms with Gasteiger partial charge in [0.2, 0.25) is 0 Å². The summed E-state index contributed by atoms with van der Waals surface area (Å²) in [5, 5.41) is 0. The summed E-state index contributed by atoms with van der Waals surface area (Å²) in [7, 11) is 0. The third-order valence-corrected chi connectivity index (χ3v) is 4.09. The number of rotatable bonds is 0. The largest absolute Gasteiger partial charge is 0.324 e. The lowest BCUT2D eigenvalue weighted by Gasteiger charge is -2.40. The smallest absolute Gasteiger partial charge is 0.0249 e. The molecule has 70 valence electrons. The van der Waals surface area contributed by atoms with Crippen molar-refractivity contribution in [1.82, 2.24) is 0 Å². The zero-order valence-electron chi connectivity index (χ0n) is 7.89. The van der Waals surface area contributed by atoms with Gasteiger partial charge in [0, 0.05) is 11.0 Å². The molecule has 0 aliphatic heterocycles. The molecule has 2 atom stereocenters.